The molecule has 0 unspecified atom stereocenters. The molecule has 3 aromatic rings. The van der Waals surface area contributed by atoms with E-state index in [9.17, 15) is 0 Å². The van der Waals surface area contributed by atoms with Crippen LogP contribution in [0.3, 0.4) is 0 Å². The highest BCUT2D eigenvalue weighted by atomic mass is 35.5. The van der Waals surface area contributed by atoms with Crippen LogP contribution >= 0.6 is 23.7 Å². The average Bonchev–Trinajstić information content (AvgIpc) is 3.12. The van der Waals surface area contributed by atoms with Gasteiger partial charge in [0.05, 0.1) is 19.9 Å². The number of anilines is 1. The summed E-state index contributed by atoms with van der Waals surface area (Å²) in [5.74, 6) is 1.51. The lowest BCUT2D eigenvalue weighted by atomic mass is 10.1. The molecule has 1 N–H and O–H groups in total. The van der Waals surface area contributed by atoms with Crippen molar-refractivity contribution in [2.24, 2.45) is 0 Å². The van der Waals surface area contributed by atoms with Crippen molar-refractivity contribution in [3.05, 3.63) is 58.5 Å². The van der Waals surface area contributed by atoms with E-state index in [1.165, 1.54) is 16.7 Å². The van der Waals surface area contributed by atoms with Crippen LogP contribution in [0, 0.1) is 13.8 Å². The molecule has 0 aliphatic rings. The Morgan fingerprint density at radius 3 is 2.44 bits per heavy atom. The number of halogens is 1. The van der Waals surface area contributed by atoms with E-state index in [4.69, 9.17) is 14.5 Å². The summed E-state index contributed by atoms with van der Waals surface area (Å²) in [6, 6.07) is 12.5. The van der Waals surface area contributed by atoms with Crippen molar-refractivity contribution in [2.45, 2.75) is 20.3 Å². The van der Waals surface area contributed by atoms with Gasteiger partial charge in [0.25, 0.3) is 0 Å². The highest BCUT2D eigenvalue weighted by molar-refractivity contribution is 7.14. The van der Waals surface area contributed by atoms with E-state index in [-0.39, 0.29) is 12.4 Å². The predicted octanol–water partition coefficient (Wildman–Crippen LogP) is 5.52. The molecule has 0 radical (unpaired) electrons. The first kappa shape index (κ1) is 21.1. The number of aromatic nitrogens is 1. The van der Waals surface area contributed by atoms with Gasteiger partial charge in [-0.15, -0.1) is 23.7 Å². The summed E-state index contributed by atoms with van der Waals surface area (Å²) in [7, 11) is 3.30. The predicted molar refractivity (Wildman–Crippen MR) is 116 cm³/mol. The number of hydrogen-bond donors (Lipinski definition) is 1. The number of benzene rings is 2. The lowest BCUT2D eigenvalue weighted by Crippen LogP contribution is -2.05. The highest BCUT2D eigenvalue weighted by Gasteiger charge is 2.07. The van der Waals surface area contributed by atoms with Crippen LogP contribution in [0.5, 0.6) is 11.5 Å². The van der Waals surface area contributed by atoms with E-state index in [1.54, 1.807) is 25.6 Å². The largest absolute Gasteiger partial charge is 0.493 e. The minimum Gasteiger partial charge on any atom is -0.493 e. The standard InChI is InChI=1S/C21H24N2O2S.ClH/c1-14-5-7-17(11-15(14)2)18-13-26-21(23-18)22-10-9-16-6-8-19(24-3)20(12-16)25-4;/h5-8,11-13H,9-10H2,1-4H3,(H,22,23);1H. The second-order valence-electron chi connectivity index (χ2n) is 6.20. The SMILES string of the molecule is COc1ccc(CCNc2nc(-c3ccc(C)c(C)c3)cs2)cc1OC.Cl. The molecule has 0 fully saturated rings. The molecule has 0 aliphatic carbocycles. The first-order chi connectivity index (χ1) is 12.6. The van der Waals surface area contributed by atoms with Crippen molar-refractivity contribution < 1.29 is 9.47 Å². The monoisotopic (exact) mass is 404 g/mol. The quantitative estimate of drug-likeness (QED) is 0.563. The summed E-state index contributed by atoms with van der Waals surface area (Å²) in [5.41, 5.74) is 5.97. The topological polar surface area (TPSA) is 43.4 Å². The molecule has 1 heterocycles. The van der Waals surface area contributed by atoms with Gasteiger partial charge in [0.1, 0.15) is 0 Å². The van der Waals surface area contributed by atoms with E-state index in [0.29, 0.717) is 0 Å². The van der Waals surface area contributed by atoms with Gasteiger partial charge in [-0.1, -0.05) is 18.2 Å². The van der Waals surface area contributed by atoms with Crippen molar-refractivity contribution in [1.29, 1.82) is 0 Å². The molecule has 4 nitrogen and oxygen atoms in total. The summed E-state index contributed by atoms with van der Waals surface area (Å²) in [6.45, 7) is 5.07. The van der Waals surface area contributed by atoms with Gasteiger partial charge >= 0.3 is 0 Å². The third-order valence-electron chi connectivity index (χ3n) is 4.44. The Balaban J connectivity index is 0.00000261. The first-order valence-electron chi connectivity index (χ1n) is 8.58. The zero-order chi connectivity index (χ0) is 18.5. The molecule has 144 valence electrons. The fourth-order valence-electron chi connectivity index (χ4n) is 2.74. The molecule has 0 atom stereocenters. The minimum atomic E-state index is 0. The average molecular weight is 405 g/mol. The molecule has 0 amide bonds. The highest BCUT2D eigenvalue weighted by Crippen LogP contribution is 2.28. The van der Waals surface area contributed by atoms with E-state index in [2.05, 4.69) is 48.8 Å². The van der Waals surface area contributed by atoms with Crippen LogP contribution in [0.2, 0.25) is 0 Å². The Labute approximate surface area is 171 Å². The van der Waals surface area contributed by atoms with Gasteiger partial charge in [0, 0.05) is 17.5 Å². The van der Waals surface area contributed by atoms with E-state index >= 15 is 0 Å². The lowest BCUT2D eigenvalue weighted by molar-refractivity contribution is 0.354. The molecule has 6 heteroatoms. The maximum Gasteiger partial charge on any atom is 0.183 e. The van der Waals surface area contributed by atoms with E-state index < -0.39 is 0 Å². The van der Waals surface area contributed by atoms with Gasteiger partial charge in [-0.25, -0.2) is 4.98 Å². The fraction of sp³-hybridized carbons (Fsp3) is 0.286. The summed E-state index contributed by atoms with van der Waals surface area (Å²) in [4.78, 5) is 4.71. The molecule has 0 spiro atoms. The van der Waals surface area contributed by atoms with Gasteiger partial charge in [-0.3, -0.25) is 0 Å². The Morgan fingerprint density at radius 1 is 0.963 bits per heavy atom. The number of nitrogens with one attached hydrogen (secondary N) is 1. The number of methoxy groups -OCH3 is 2. The van der Waals surface area contributed by atoms with Gasteiger partial charge in [-0.05, 0) is 55.2 Å². The second-order valence-corrected chi connectivity index (χ2v) is 7.06. The lowest BCUT2D eigenvalue weighted by Gasteiger charge is -2.09. The zero-order valence-corrected chi connectivity index (χ0v) is 17.7. The third-order valence-corrected chi connectivity index (χ3v) is 5.24. The molecule has 3 rings (SSSR count). The number of ether oxygens (including phenoxy) is 2. The number of hydrogen-bond acceptors (Lipinski definition) is 5. The molecule has 0 saturated carbocycles. The van der Waals surface area contributed by atoms with Gasteiger partial charge in [0.15, 0.2) is 16.6 Å². The van der Waals surface area contributed by atoms with Crippen LogP contribution in [0.25, 0.3) is 11.3 Å². The van der Waals surface area contributed by atoms with Crippen LogP contribution < -0.4 is 14.8 Å². The van der Waals surface area contributed by atoms with Gasteiger partial charge < -0.3 is 14.8 Å². The van der Waals surface area contributed by atoms with Crippen LogP contribution in [0.4, 0.5) is 5.13 Å². The van der Waals surface area contributed by atoms with Crippen molar-refractivity contribution in [1.82, 2.24) is 4.98 Å². The molecule has 0 saturated heterocycles. The Hall–Kier alpha value is -2.24. The molecule has 2 aromatic carbocycles. The summed E-state index contributed by atoms with van der Waals surface area (Å²) >= 11 is 1.64. The van der Waals surface area contributed by atoms with E-state index in [0.717, 1.165) is 40.9 Å². The van der Waals surface area contributed by atoms with Crippen LogP contribution in [0.15, 0.2) is 41.8 Å². The Bertz CT molecular complexity index is 896. The number of thiazole rings is 1. The normalized spacial score (nSPS) is 10.2. The molecule has 1 aromatic heterocycles. The summed E-state index contributed by atoms with van der Waals surface area (Å²) in [5, 5.41) is 6.45. The van der Waals surface area contributed by atoms with Crippen LogP contribution in [-0.2, 0) is 6.42 Å². The van der Waals surface area contributed by atoms with Crippen molar-refractivity contribution >= 4 is 28.9 Å². The Morgan fingerprint density at radius 2 is 1.74 bits per heavy atom. The number of aryl methyl sites for hydroxylation is 2. The zero-order valence-electron chi connectivity index (χ0n) is 16.0. The first-order valence-corrected chi connectivity index (χ1v) is 9.46. The molecule has 27 heavy (non-hydrogen) atoms. The van der Waals surface area contributed by atoms with Crippen LogP contribution in [0.1, 0.15) is 16.7 Å². The maximum atomic E-state index is 5.36. The van der Waals surface area contributed by atoms with E-state index in [1.807, 2.05) is 12.1 Å². The molecular formula is C21H25ClN2O2S. The van der Waals surface area contributed by atoms with Gasteiger partial charge in [0.2, 0.25) is 0 Å². The number of nitrogens with zero attached hydrogens (tertiary/aromatic N) is 1. The van der Waals surface area contributed by atoms with Crippen molar-refractivity contribution in [3.63, 3.8) is 0 Å². The van der Waals surface area contributed by atoms with Crippen molar-refractivity contribution in [3.8, 4) is 22.8 Å². The van der Waals surface area contributed by atoms with Crippen LogP contribution in [-0.4, -0.2) is 25.7 Å². The maximum absolute atomic E-state index is 5.36. The number of rotatable bonds is 7. The summed E-state index contributed by atoms with van der Waals surface area (Å²) in [6.07, 6.45) is 0.888. The van der Waals surface area contributed by atoms with Gasteiger partial charge in [-0.2, -0.15) is 0 Å². The summed E-state index contributed by atoms with van der Waals surface area (Å²) < 4.78 is 10.6. The molecule has 0 bridgehead atoms. The fourth-order valence-corrected chi connectivity index (χ4v) is 3.49. The molecular weight excluding hydrogens is 380 g/mol. The molecule has 0 aliphatic heterocycles. The Kier molecular flexibility index (Phi) is 7.51. The second kappa shape index (κ2) is 9.62. The third kappa shape index (κ3) is 5.15. The minimum absolute atomic E-state index is 0. The smallest absolute Gasteiger partial charge is 0.183 e. The van der Waals surface area contributed by atoms with Crippen molar-refractivity contribution in [2.75, 3.05) is 26.1 Å².